The third kappa shape index (κ3) is 28.3. The fraction of sp³-hybridized carbons (Fsp3) is 0.688. The monoisotopic (exact) mass is 1540 g/mol. The summed E-state index contributed by atoms with van der Waals surface area (Å²) in [6.07, 6.45) is 30.8. The molecule has 28 nitrogen and oxygen atoms in total. The van der Waals surface area contributed by atoms with Crippen LogP contribution in [-0.2, 0) is 77.1 Å². The molecule has 4 aromatic heterocycles. The summed E-state index contributed by atoms with van der Waals surface area (Å²) in [5.74, 6) is -3.31. The molecule has 524 valence electrons. The number of hydrogen-bond acceptors (Lipinski definition) is 18. The van der Waals surface area contributed by atoms with E-state index in [4.69, 9.17) is 28.0 Å². The van der Waals surface area contributed by atoms with Gasteiger partial charge in [-0.15, -0.1) is 0 Å². The minimum atomic E-state index is -1.01. The lowest BCUT2D eigenvalue weighted by atomic mass is 10.1. The number of H-pyrrole nitrogens is 2. The molecule has 4 aromatic rings. The summed E-state index contributed by atoms with van der Waals surface area (Å²) in [4.78, 5) is 114. The molecule has 4 fully saturated rings. The molecule has 0 spiro atoms. The van der Waals surface area contributed by atoms with Crippen molar-refractivity contribution in [2.45, 2.75) is 142 Å². The summed E-state index contributed by atoms with van der Waals surface area (Å²) < 4.78 is 4.50. The highest BCUT2D eigenvalue weighted by Gasteiger charge is 2.55. The van der Waals surface area contributed by atoms with Crippen molar-refractivity contribution < 1.29 is 58.8 Å². The van der Waals surface area contributed by atoms with E-state index in [0.29, 0.717) is 66.9 Å². The maximum absolute atomic E-state index is 12.3. The van der Waals surface area contributed by atoms with E-state index in [1.54, 1.807) is 53.0 Å². The number of halogens is 2. The Morgan fingerprint density at radius 3 is 1.05 bits per heavy atom. The van der Waals surface area contributed by atoms with E-state index >= 15 is 0 Å². The van der Waals surface area contributed by atoms with Gasteiger partial charge in [-0.2, -0.15) is 0 Å². The largest absolute Gasteiger partial charge is 0.550 e. The zero-order valence-corrected chi connectivity index (χ0v) is 58.2. The number of rotatable bonds is 44. The molecule has 0 saturated heterocycles. The lowest BCUT2D eigenvalue weighted by molar-refractivity contribution is -0.310. The number of aromatic nitrogens is 8. The Hall–Kier alpha value is -6.10. The number of carboxylic acid groups (broad SMARTS) is 4. The first-order chi connectivity index (χ1) is 45.4. The first-order valence-electron chi connectivity index (χ1n) is 33.2. The molecule has 16 N–H and O–H groups in total. The Bertz CT molecular complexity index is 2710. The molecule has 8 rings (SSSR count). The summed E-state index contributed by atoms with van der Waals surface area (Å²) >= 11 is 4.10. The molecule has 0 bridgehead atoms. The molecule has 12 unspecified atom stereocenters. The van der Waals surface area contributed by atoms with Crippen molar-refractivity contribution >= 4 is 92.7 Å². The molecule has 0 aliphatic heterocycles. The lowest BCUT2D eigenvalue weighted by Gasteiger charge is -2.07. The van der Waals surface area contributed by atoms with E-state index in [1.165, 1.54) is 0 Å². The zero-order chi connectivity index (χ0) is 68.4. The molecule has 4 aliphatic rings. The number of carbonyl (C=O) groups is 8. The number of carbonyl (C=O) groups excluding carboxylic acids is 6. The van der Waals surface area contributed by atoms with Crippen molar-refractivity contribution in [1.82, 2.24) is 60.3 Å². The van der Waals surface area contributed by atoms with Crippen LogP contribution in [-0.4, -0.2) is 158 Å². The van der Waals surface area contributed by atoms with Crippen LogP contribution < -0.4 is 54.4 Å². The van der Waals surface area contributed by atoms with Gasteiger partial charge in [0.1, 0.15) is 13.1 Å². The second-order valence-electron chi connectivity index (χ2n) is 25.0. The number of nitrogens with zero attached hydrogens (tertiary/aromatic N) is 6. The predicted molar refractivity (Wildman–Crippen MR) is 364 cm³/mol. The standard InChI is InChI=1S/C32H50N8O6.2C11H17N3O2.C10H18I2N2O2/c33-9-5-7-23-25(29(23)31(43)44)13-21-15-39(19-37-21)17-27(41)35-11-3-1-2-4-12-36-28(42)18-40-16-22(38-20-40)14-26-24(8-6-10-34)30(26)32(45)46;2*12-3-1-2-8-9(10(8)11(15)16)4-7-5-13-6-14-7;11-7-9(15)13-5-3-1-2-4-6-14-10(16)8-12/h15-16,19-20,23-26,29-30H,1-14,17-18,33-34H2,(H,35,41)(H,36,42)(H,43,44)(H,45,46);2*5-6,8-10H,1-4,12H2,(H,13,14)(H,15,16);1-8H2,(H,13,15)(H,14,16)/p-2. The zero-order valence-electron chi connectivity index (χ0n) is 53.9. The van der Waals surface area contributed by atoms with Gasteiger partial charge in [-0.1, -0.05) is 70.9 Å². The Morgan fingerprint density at radius 2 is 0.755 bits per heavy atom. The quantitative estimate of drug-likeness (QED) is 0.0169. The van der Waals surface area contributed by atoms with Crippen LogP contribution >= 0.6 is 45.2 Å². The van der Waals surface area contributed by atoms with Crippen LogP contribution in [0.3, 0.4) is 0 Å². The molecule has 4 heterocycles. The van der Waals surface area contributed by atoms with Crippen LogP contribution in [0.15, 0.2) is 50.1 Å². The van der Waals surface area contributed by atoms with Crippen LogP contribution in [0, 0.1) is 71.0 Å². The second-order valence-corrected chi connectivity index (χ2v) is 26.5. The molecule has 94 heavy (non-hydrogen) atoms. The fourth-order valence-electron chi connectivity index (χ4n) is 13.0. The first kappa shape index (κ1) is 78.6. The van der Waals surface area contributed by atoms with Gasteiger partial charge in [0.15, 0.2) is 0 Å². The molecule has 12 atom stereocenters. The number of amides is 4. The average molecular weight is 1540 g/mol. The minimum Gasteiger partial charge on any atom is -0.550 e. The van der Waals surface area contributed by atoms with Crippen molar-refractivity contribution in [1.29, 1.82) is 0 Å². The highest BCUT2D eigenvalue weighted by Crippen LogP contribution is 2.53. The Kier molecular flexibility index (Phi) is 36.1. The number of alkyl halides is 2. The van der Waals surface area contributed by atoms with Gasteiger partial charge in [0.2, 0.25) is 23.6 Å². The SMILES string of the molecule is NCCCC1C(Cc2cn(CC(=O)NCCCCCCNC(=O)Cn3cnc(CC4C(CCCN)C4C(=O)O)c3)cn2)C1C(=O)[O-].NCCCC1C(Cc2cnc[nH]2)C1C(=O)O.NCCCC1C(Cc2cnc[nH]2)C1C(=O)[O-].O=C(CI)NCCCCCCNC(=O)CI. The predicted octanol–water partition coefficient (Wildman–Crippen LogP) is 1.28. The van der Waals surface area contributed by atoms with Crippen molar-refractivity contribution in [3.8, 4) is 0 Å². The average Bonchev–Trinajstić information content (AvgIpc) is 1.65. The van der Waals surface area contributed by atoms with Crippen molar-refractivity contribution in [3.63, 3.8) is 0 Å². The van der Waals surface area contributed by atoms with Crippen LogP contribution in [0.4, 0.5) is 0 Å². The van der Waals surface area contributed by atoms with E-state index in [2.05, 4.69) is 51.2 Å². The summed E-state index contributed by atoms with van der Waals surface area (Å²) in [7, 11) is 0. The summed E-state index contributed by atoms with van der Waals surface area (Å²) in [6, 6.07) is 0. The van der Waals surface area contributed by atoms with Crippen LogP contribution in [0.1, 0.15) is 126 Å². The summed E-state index contributed by atoms with van der Waals surface area (Å²) in [5.41, 5.74) is 25.6. The Labute approximate surface area is 577 Å². The van der Waals surface area contributed by atoms with Crippen LogP contribution in [0.25, 0.3) is 0 Å². The molecular weight excluding hydrogens is 1440 g/mol. The van der Waals surface area contributed by atoms with E-state index in [9.17, 15) is 53.7 Å². The number of carboxylic acids is 4. The Balaban J connectivity index is 0.000000269. The third-order valence-electron chi connectivity index (χ3n) is 18.1. The third-order valence-corrected chi connectivity index (χ3v) is 19.5. The van der Waals surface area contributed by atoms with Crippen LogP contribution in [0.2, 0.25) is 0 Å². The van der Waals surface area contributed by atoms with Gasteiger partial charge in [0.05, 0.1) is 57.4 Å². The fourth-order valence-corrected chi connectivity index (χ4v) is 13.5. The van der Waals surface area contributed by atoms with E-state index in [0.717, 1.165) is 151 Å². The summed E-state index contributed by atoms with van der Waals surface area (Å²) in [6.45, 7) is 5.34. The Morgan fingerprint density at radius 1 is 0.447 bits per heavy atom. The van der Waals surface area contributed by atoms with E-state index in [1.807, 2.05) is 51.4 Å². The van der Waals surface area contributed by atoms with Gasteiger partial charge in [-0.25, -0.2) is 19.9 Å². The number of imidazole rings is 4. The maximum Gasteiger partial charge on any atom is 0.307 e. The highest BCUT2D eigenvalue weighted by molar-refractivity contribution is 14.1. The number of hydrogen-bond donors (Lipinski definition) is 12. The summed E-state index contributed by atoms with van der Waals surface area (Å²) in [5, 5.41) is 52.3. The van der Waals surface area contributed by atoms with Crippen LogP contribution in [0.5, 0.6) is 0 Å². The number of unbranched alkanes of at least 4 members (excludes halogenated alkanes) is 6. The number of aromatic amines is 2. The molecule has 4 amide bonds. The van der Waals surface area contributed by atoms with Gasteiger partial charge in [-0.05, 0) is 176 Å². The van der Waals surface area contributed by atoms with Crippen molar-refractivity contribution in [2.75, 3.05) is 61.2 Å². The van der Waals surface area contributed by atoms with E-state index in [-0.39, 0.29) is 95.9 Å². The first-order valence-corrected chi connectivity index (χ1v) is 36.3. The van der Waals surface area contributed by atoms with Gasteiger partial charge in [0.25, 0.3) is 0 Å². The topological polar surface area (TPSA) is 468 Å². The van der Waals surface area contributed by atoms with Gasteiger partial charge in [-0.3, -0.25) is 28.8 Å². The van der Waals surface area contributed by atoms with Crippen molar-refractivity contribution in [2.24, 2.45) is 93.9 Å². The lowest BCUT2D eigenvalue weighted by Crippen LogP contribution is -2.28. The van der Waals surface area contributed by atoms with Gasteiger partial charge >= 0.3 is 11.9 Å². The number of aliphatic carboxylic acids is 4. The normalized spacial score (nSPS) is 22.5. The van der Waals surface area contributed by atoms with Gasteiger partial charge < -0.3 is 93.3 Å². The second kappa shape index (κ2) is 43.2. The molecular formula is C64H100I2N16O12-2. The van der Waals surface area contributed by atoms with Crippen molar-refractivity contribution in [3.05, 3.63) is 72.9 Å². The van der Waals surface area contributed by atoms with Gasteiger partial charge in [0, 0.05) is 86.1 Å². The smallest absolute Gasteiger partial charge is 0.307 e. The molecule has 4 saturated carbocycles. The molecule has 30 heteroatoms. The highest BCUT2D eigenvalue weighted by atomic mass is 127. The molecule has 0 aromatic carbocycles. The molecule has 4 aliphatic carbocycles. The number of nitrogens with one attached hydrogen (secondary N) is 6. The van der Waals surface area contributed by atoms with E-state index < -0.39 is 29.8 Å². The minimum absolute atomic E-state index is 0.0147. The molecule has 0 radical (unpaired) electrons. The number of nitrogens with two attached hydrogens (primary N) is 4. The maximum atomic E-state index is 12.3.